The second-order valence-corrected chi connectivity index (χ2v) is 6.66. The number of aryl methyl sites for hydroxylation is 3. The van der Waals surface area contributed by atoms with Crippen LogP contribution in [-0.4, -0.2) is 16.1 Å². The van der Waals surface area contributed by atoms with Crippen molar-refractivity contribution in [2.24, 2.45) is 0 Å². The molecule has 0 aliphatic rings. The molecule has 3 rings (SSSR count). The van der Waals surface area contributed by atoms with Crippen molar-refractivity contribution in [3.8, 4) is 11.5 Å². The number of esters is 1. The predicted molar refractivity (Wildman–Crippen MR) is 104 cm³/mol. The quantitative estimate of drug-likeness (QED) is 0.307. The highest BCUT2D eigenvalue weighted by atomic mass is 16.5. The molecule has 1 aromatic heterocycles. The van der Waals surface area contributed by atoms with Crippen LogP contribution in [-0.2, 0) is 17.8 Å². The summed E-state index contributed by atoms with van der Waals surface area (Å²) in [5, 5.41) is 3.70. The summed E-state index contributed by atoms with van der Waals surface area (Å²) >= 11 is 0. The molecule has 2 aromatic carbocycles. The van der Waals surface area contributed by atoms with Gasteiger partial charge in [-0.3, -0.25) is 4.79 Å². The van der Waals surface area contributed by atoms with Crippen LogP contribution in [0, 0.1) is 13.8 Å². The third-order valence-electron chi connectivity index (χ3n) is 4.20. The minimum atomic E-state index is -0.223. The molecule has 1 heterocycles. The van der Waals surface area contributed by atoms with Crippen molar-refractivity contribution in [2.75, 3.05) is 0 Å². The molecular formula is C22H24N2O4. The Hall–Kier alpha value is -3.15. The summed E-state index contributed by atoms with van der Waals surface area (Å²) in [5.74, 6) is 1.90. The van der Waals surface area contributed by atoms with E-state index in [1.165, 1.54) is 11.1 Å². The summed E-state index contributed by atoms with van der Waals surface area (Å²) in [6.45, 7) is 4.02. The van der Waals surface area contributed by atoms with Gasteiger partial charge in [0, 0.05) is 6.42 Å². The first-order chi connectivity index (χ1) is 13.6. The number of rotatable bonds is 9. The number of aromatic nitrogens is 2. The van der Waals surface area contributed by atoms with Gasteiger partial charge in [-0.05, 0) is 62.9 Å². The molecule has 0 saturated heterocycles. The predicted octanol–water partition coefficient (Wildman–Crippen LogP) is 4.58. The van der Waals surface area contributed by atoms with Crippen molar-refractivity contribution in [1.29, 1.82) is 0 Å². The molecule has 0 atom stereocenters. The largest absolute Gasteiger partial charge is 0.484 e. The monoisotopic (exact) mass is 380 g/mol. The molecule has 0 bridgehead atoms. The highest BCUT2D eigenvalue weighted by Gasteiger charge is 2.07. The molecule has 0 spiro atoms. The molecule has 0 radical (unpaired) electrons. The van der Waals surface area contributed by atoms with Crippen LogP contribution in [0.2, 0.25) is 0 Å². The molecule has 6 nitrogen and oxygen atoms in total. The van der Waals surface area contributed by atoms with Crippen LogP contribution < -0.4 is 9.47 Å². The number of benzene rings is 2. The molecular weight excluding hydrogens is 356 g/mol. The van der Waals surface area contributed by atoms with Crippen LogP contribution in [0.15, 0.2) is 53.1 Å². The van der Waals surface area contributed by atoms with E-state index in [4.69, 9.17) is 14.0 Å². The molecule has 0 unspecified atom stereocenters. The Bertz CT molecular complexity index is 886. The first-order valence-corrected chi connectivity index (χ1v) is 9.37. The molecule has 146 valence electrons. The summed E-state index contributed by atoms with van der Waals surface area (Å²) in [5.41, 5.74) is 2.55. The van der Waals surface area contributed by atoms with E-state index in [0.29, 0.717) is 29.6 Å². The van der Waals surface area contributed by atoms with Crippen LogP contribution in [0.3, 0.4) is 0 Å². The number of hydrogen-bond donors (Lipinski definition) is 0. The number of ether oxygens (including phenoxy) is 2. The second kappa shape index (κ2) is 9.69. The number of hydrogen-bond acceptors (Lipinski definition) is 6. The average Bonchev–Trinajstić information content (AvgIpc) is 3.11. The highest BCUT2D eigenvalue weighted by Crippen LogP contribution is 2.19. The first kappa shape index (κ1) is 19.6. The van der Waals surface area contributed by atoms with Crippen molar-refractivity contribution < 1.29 is 18.8 Å². The van der Waals surface area contributed by atoms with Gasteiger partial charge in [0.1, 0.15) is 11.5 Å². The van der Waals surface area contributed by atoms with Crippen molar-refractivity contribution >= 4 is 5.97 Å². The van der Waals surface area contributed by atoms with E-state index in [-0.39, 0.29) is 12.6 Å². The van der Waals surface area contributed by atoms with Gasteiger partial charge >= 0.3 is 5.97 Å². The van der Waals surface area contributed by atoms with Gasteiger partial charge in [-0.15, -0.1) is 0 Å². The summed E-state index contributed by atoms with van der Waals surface area (Å²) < 4.78 is 15.9. The van der Waals surface area contributed by atoms with Gasteiger partial charge in [0.15, 0.2) is 12.4 Å². The van der Waals surface area contributed by atoms with Gasteiger partial charge in [0.05, 0.1) is 0 Å². The van der Waals surface area contributed by atoms with Crippen LogP contribution in [0.25, 0.3) is 0 Å². The lowest BCUT2D eigenvalue weighted by Gasteiger charge is -2.07. The highest BCUT2D eigenvalue weighted by molar-refractivity contribution is 5.72. The Labute approximate surface area is 164 Å². The standard InChI is InChI=1S/C22H24N2O4/c1-16-7-9-18(10-8-16)5-3-4-6-22(25)27-20-13-11-19(12-14-20)26-15-21-23-17(2)24-28-21/h7-14H,3-6,15H2,1-2H3. The molecule has 0 fully saturated rings. The maximum absolute atomic E-state index is 12.0. The summed E-state index contributed by atoms with van der Waals surface area (Å²) in [7, 11) is 0. The minimum Gasteiger partial charge on any atom is -0.484 e. The zero-order chi connectivity index (χ0) is 19.8. The zero-order valence-corrected chi connectivity index (χ0v) is 16.2. The number of nitrogens with zero attached hydrogens (tertiary/aromatic N) is 2. The molecule has 0 N–H and O–H groups in total. The van der Waals surface area contributed by atoms with E-state index in [2.05, 4.69) is 41.3 Å². The van der Waals surface area contributed by atoms with Crippen LogP contribution in [0.4, 0.5) is 0 Å². The smallest absolute Gasteiger partial charge is 0.311 e. The lowest BCUT2D eigenvalue weighted by Crippen LogP contribution is -2.07. The summed E-state index contributed by atoms with van der Waals surface area (Å²) in [4.78, 5) is 16.1. The lowest BCUT2D eigenvalue weighted by atomic mass is 10.1. The molecule has 0 aliphatic carbocycles. The minimum absolute atomic E-state index is 0.195. The molecule has 0 amide bonds. The third-order valence-corrected chi connectivity index (χ3v) is 4.20. The van der Waals surface area contributed by atoms with Crippen molar-refractivity contribution in [1.82, 2.24) is 10.1 Å². The Balaban J connectivity index is 1.36. The normalized spacial score (nSPS) is 10.6. The lowest BCUT2D eigenvalue weighted by molar-refractivity contribution is -0.134. The summed E-state index contributed by atoms with van der Waals surface area (Å²) in [6.07, 6.45) is 3.14. The van der Waals surface area contributed by atoms with E-state index in [9.17, 15) is 4.79 Å². The van der Waals surface area contributed by atoms with Crippen LogP contribution in [0.5, 0.6) is 11.5 Å². The van der Waals surface area contributed by atoms with Crippen LogP contribution >= 0.6 is 0 Å². The van der Waals surface area contributed by atoms with E-state index in [0.717, 1.165) is 19.3 Å². The van der Waals surface area contributed by atoms with E-state index in [1.807, 2.05) is 0 Å². The first-order valence-electron chi connectivity index (χ1n) is 9.37. The van der Waals surface area contributed by atoms with E-state index >= 15 is 0 Å². The number of carbonyl (C=O) groups excluding carboxylic acids is 1. The second-order valence-electron chi connectivity index (χ2n) is 6.66. The molecule has 3 aromatic rings. The fourth-order valence-corrected chi connectivity index (χ4v) is 2.68. The number of unbranched alkanes of at least 4 members (excludes halogenated alkanes) is 1. The fraction of sp³-hybridized carbons (Fsp3) is 0.318. The molecule has 0 aliphatic heterocycles. The fourth-order valence-electron chi connectivity index (χ4n) is 2.68. The SMILES string of the molecule is Cc1ccc(CCCCC(=O)Oc2ccc(OCc3nc(C)no3)cc2)cc1. The maximum atomic E-state index is 12.0. The van der Waals surface area contributed by atoms with Crippen molar-refractivity contribution in [3.63, 3.8) is 0 Å². The van der Waals surface area contributed by atoms with Gasteiger partial charge < -0.3 is 14.0 Å². The molecule has 6 heteroatoms. The van der Waals surface area contributed by atoms with E-state index in [1.54, 1.807) is 31.2 Å². The Morgan fingerprint density at radius 3 is 2.36 bits per heavy atom. The zero-order valence-electron chi connectivity index (χ0n) is 16.2. The summed E-state index contributed by atoms with van der Waals surface area (Å²) in [6, 6.07) is 15.4. The van der Waals surface area contributed by atoms with Gasteiger partial charge in [-0.2, -0.15) is 4.98 Å². The van der Waals surface area contributed by atoms with Crippen molar-refractivity contribution in [3.05, 3.63) is 71.4 Å². The molecule has 0 saturated carbocycles. The Morgan fingerprint density at radius 2 is 1.68 bits per heavy atom. The average molecular weight is 380 g/mol. The van der Waals surface area contributed by atoms with Gasteiger partial charge in [0.25, 0.3) is 5.89 Å². The number of carbonyl (C=O) groups is 1. The third kappa shape index (κ3) is 6.23. The molecule has 28 heavy (non-hydrogen) atoms. The Morgan fingerprint density at radius 1 is 0.964 bits per heavy atom. The topological polar surface area (TPSA) is 74.5 Å². The Kier molecular flexibility index (Phi) is 6.78. The van der Waals surface area contributed by atoms with Gasteiger partial charge in [-0.1, -0.05) is 35.0 Å². The maximum Gasteiger partial charge on any atom is 0.311 e. The van der Waals surface area contributed by atoms with Crippen LogP contribution in [0.1, 0.15) is 42.1 Å². The van der Waals surface area contributed by atoms with Gasteiger partial charge in [0.2, 0.25) is 0 Å². The van der Waals surface area contributed by atoms with E-state index < -0.39 is 0 Å². The van der Waals surface area contributed by atoms with Gasteiger partial charge in [-0.25, -0.2) is 0 Å². The van der Waals surface area contributed by atoms with Crippen molar-refractivity contribution in [2.45, 2.75) is 46.1 Å².